The van der Waals surface area contributed by atoms with Crippen molar-refractivity contribution in [2.45, 2.75) is 30.7 Å². The molecule has 23 heavy (non-hydrogen) atoms. The Morgan fingerprint density at radius 1 is 1.22 bits per heavy atom. The van der Waals surface area contributed by atoms with Gasteiger partial charge in [-0.25, -0.2) is 4.79 Å². The molecule has 1 aromatic rings. The number of rotatable bonds is 4. The molecule has 0 amide bonds. The van der Waals surface area contributed by atoms with Gasteiger partial charge in [0, 0.05) is 6.07 Å². The lowest BCUT2D eigenvalue weighted by Crippen LogP contribution is -2.59. The molecule has 126 valence electrons. The highest BCUT2D eigenvalue weighted by atomic mass is 16.7. The zero-order valence-electron chi connectivity index (χ0n) is 11.7. The summed E-state index contributed by atoms with van der Waals surface area (Å²) in [5, 5.41) is 48.9. The maximum Gasteiger partial charge on any atom is 0.347 e. The number of hydrogen-bond acceptors (Lipinski definition) is 9. The molecule has 0 aliphatic carbocycles. The molecule has 5 atom stereocenters. The van der Waals surface area contributed by atoms with Crippen LogP contribution < -0.4 is 0 Å². The predicted octanol–water partition coefficient (Wildman–Crippen LogP) is -1.45. The molecule has 0 saturated carbocycles. The fraction of sp³-hybridized carbons (Fsp3) is 0.462. The second kappa shape index (κ2) is 6.98. The van der Waals surface area contributed by atoms with Gasteiger partial charge >= 0.3 is 5.97 Å². The van der Waals surface area contributed by atoms with Crippen LogP contribution in [0.4, 0.5) is 5.69 Å². The molecule has 1 unspecified atom stereocenters. The van der Waals surface area contributed by atoms with Crippen LogP contribution in [0.3, 0.4) is 0 Å². The lowest BCUT2D eigenvalue weighted by atomic mass is 9.99. The third-order valence-electron chi connectivity index (χ3n) is 3.39. The molecule has 1 fully saturated rings. The number of nitro benzene ring substituents is 1. The number of benzene rings is 1. The van der Waals surface area contributed by atoms with E-state index in [1.54, 1.807) is 0 Å². The van der Waals surface area contributed by atoms with E-state index in [1.165, 1.54) is 12.1 Å². The zero-order chi connectivity index (χ0) is 17.1. The Kier molecular flexibility index (Phi) is 5.23. The number of ether oxygens (including phenoxy) is 2. The van der Waals surface area contributed by atoms with E-state index in [0.29, 0.717) is 0 Å². The van der Waals surface area contributed by atoms with Crippen LogP contribution in [0.25, 0.3) is 0 Å². The van der Waals surface area contributed by atoms with Crippen molar-refractivity contribution in [3.05, 3.63) is 39.9 Å². The number of para-hydroxylation sites is 1. The maximum absolute atomic E-state index is 12.0. The minimum atomic E-state index is -1.78. The molecule has 1 aliphatic rings. The Labute approximate surface area is 129 Å². The summed E-state index contributed by atoms with van der Waals surface area (Å²) in [6.07, 6.45) is -8.05. The number of nitrogens with zero attached hydrogens (tertiary/aromatic N) is 1. The molecular formula is C13H15NO9. The average molecular weight is 329 g/mol. The number of aliphatic hydroxyl groups is 4. The van der Waals surface area contributed by atoms with Crippen molar-refractivity contribution < 1.29 is 39.6 Å². The first kappa shape index (κ1) is 17.2. The van der Waals surface area contributed by atoms with E-state index in [9.17, 15) is 30.2 Å². The molecule has 10 heteroatoms. The molecule has 0 bridgehead atoms. The second-order valence-electron chi connectivity index (χ2n) is 4.88. The van der Waals surface area contributed by atoms with Gasteiger partial charge < -0.3 is 29.9 Å². The zero-order valence-corrected chi connectivity index (χ0v) is 11.7. The van der Waals surface area contributed by atoms with E-state index in [2.05, 4.69) is 0 Å². The minimum absolute atomic E-state index is 0.366. The largest absolute Gasteiger partial charge is 0.429 e. The third-order valence-corrected chi connectivity index (χ3v) is 3.39. The number of carbonyl (C=O) groups excluding carboxylic acids is 1. The van der Waals surface area contributed by atoms with Crippen LogP contribution in [0, 0.1) is 10.1 Å². The van der Waals surface area contributed by atoms with Crippen molar-refractivity contribution in [2.24, 2.45) is 0 Å². The van der Waals surface area contributed by atoms with Crippen molar-refractivity contribution in [3.8, 4) is 0 Å². The summed E-state index contributed by atoms with van der Waals surface area (Å²) in [5.41, 5.74) is -0.864. The van der Waals surface area contributed by atoms with Gasteiger partial charge in [-0.1, -0.05) is 12.1 Å². The molecule has 4 N–H and O–H groups in total. The summed E-state index contributed by atoms with van der Waals surface area (Å²) in [7, 11) is 0. The number of hydrogen-bond donors (Lipinski definition) is 4. The van der Waals surface area contributed by atoms with Crippen LogP contribution in [-0.2, 0) is 9.47 Å². The summed E-state index contributed by atoms with van der Waals surface area (Å²) in [6, 6.07) is 5.01. The monoisotopic (exact) mass is 329 g/mol. The fourth-order valence-corrected chi connectivity index (χ4v) is 2.14. The maximum atomic E-state index is 12.0. The van der Waals surface area contributed by atoms with Gasteiger partial charge in [0.25, 0.3) is 5.69 Å². The van der Waals surface area contributed by atoms with E-state index < -0.39 is 53.9 Å². The molecule has 2 rings (SSSR count). The van der Waals surface area contributed by atoms with Crippen molar-refractivity contribution in [1.29, 1.82) is 0 Å². The quantitative estimate of drug-likeness (QED) is 0.294. The molecule has 0 radical (unpaired) electrons. The highest BCUT2D eigenvalue weighted by Crippen LogP contribution is 2.25. The Bertz CT molecular complexity index is 591. The topological polar surface area (TPSA) is 160 Å². The number of aliphatic hydroxyl groups excluding tert-OH is 4. The fourth-order valence-electron chi connectivity index (χ4n) is 2.14. The van der Waals surface area contributed by atoms with Gasteiger partial charge in [0.1, 0.15) is 30.0 Å². The lowest BCUT2D eigenvalue weighted by molar-refractivity contribution is -0.385. The number of esters is 1. The molecule has 0 aromatic heterocycles. The smallest absolute Gasteiger partial charge is 0.347 e. The summed E-state index contributed by atoms with van der Waals surface area (Å²) in [5.74, 6) is -1.15. The first-order chi connectivity index (χ1) is 10.9. The summed E-state index contributed by atoms with van der Waals surface area (Å²) in [4.78, 5) is 22.2. The summed E-state index contributed by atoms with van der Waals surface area (Å²) >= 11 is 0. The van der Waals surface area contributed by atoms with Gasteiger partial charge in [-0.2, -0.15) is 0 Å². The van der Waals surface area contributed by atoms with E-state index in [0.717, 1.165) is 12.1 Å². The Morgan fingerprint density at radius 3 is 2.48 bits per heavy atom. The standard InChI is InChI=1S/C13H15NO9/c15-5-8-9(16)10(17)11(18)13(22-8)23-12(19)6-3-1-2-4-7(6)14(20)21/h1-4,8-11,13,15-18H,5H2/t8-,9-,10+,11-,13?/m1/s1. The molecule has 1 aromatic carbocycles. The van der Waals surface area contributed by atoms with Gasteiger partial charge in [0.15, 0.2) is 0 Å². The molecule has 1 heterocycles. The molecule has 0 spiro atoms. The summed E-state index contributed by atoms with van der Waals surface area (Å²) in [6.45, 7) is -0.690. The normalized spacial score (nSPS) is 30.7. The average Bonchev–Trinajstić information content (AvgIpc) is 2.55. The lowest BCUT2D eigenvalue weighted by Gasteiger charge is -2.39. The first-order valence-corrected chi connectivity index (χ1v) is 6.61. The third kappa shape index (κ3) is 3.46. The van der Waals surface area contributed by atoms with E-state index >= 15 is 0 Å². The first-order valence-electron chi connectivity index (χ1n) is 6.61. The second-order valence-corrected chi connectivity index (χ2v) is 4.88. The van der Waals surface area contributed by atoms with Crippen LogP contribution in [-0.4, -0.2) is 68.6 Å². The molecular weight excluding hydrogens is 314 g/mol. The molecule has 10 nitrogen and oxygen atoms in total. The van der Waals surface area contributed by atoms with Crippen molar-refractivity contribution in [2.75, 3.05) is 6.61 Å². The minimum Gasteiger partial charge on any atom is -0.429 e. The van der Waals surface area contributed by atoms with Gasteiger partial charge in [-0.05, 0) is 6.07 Å². The van der Waals surface area contributed by atoms with E-state index in [-0.39, 0.29) is 5.56 Å². The summed E-state index contributed by atoms with van der Waals surface area (Å²) < 4.78 is 9.83. The number of nitro groups is 1. The predicted molar refractivity (Wildman–Crippen MR) is 72.3 cm³/mol. The van der Waals surface area contributed by atoms with Crippen LogP contribution in [0.15, 0.2) is 24.3 Å². The Morgan fingerprint density at radius 2 is 1.87 bits per heavy atom. The van der Waals surface area contributed by atoms with Gasteiger partial charge in [-0.3, -0.25) is 10.1 Å². The van der Waals surface area contributed by atoms with E-state index in [4.69, 9.17) is 14.6 Å². The van der Waals surface area contributed by atoms with Crippen LogP contribution in [0.2, 0.25) is 0 Å². The highest BCUT2D eigenvalue weighted by Gasteiger charge is 2.45. The molecule has 1 aliphatic heterocycles. The van der Waals surface area contributed by atoms with Crippen LogP contribution in [0.5, 0.6) is 0 Å². The van der Waals surface area contributed by atoms with Gasteiger partial charge in [0.2, 0.25) is 6.29 Å². The van der Waals surface area contributed by atoms with Crippen LogP contribution >= 0.6 is 0 Å². The molecule has 1 saturated heterocycles. The van der Waals surface area contributed by atoms with Crippen molar-refractivity contribution >= 4 is 11.7 Å². The van der Waals surface area contributed by atoms with Crippen LogP contribution in [0.1, 0.15) is 10.4 Å². The highest BCUT2D eigenvalue weighted by molar-refractivity contribution is 5.93. The van der Waals surface area contributed by atoms with Gasteiger partial charge in [0.05, 0.1) is 11.5 Å². The van der Waals surface area contributed by atoms with Gasteiger partial charge in [-0.15, -0.1) is 0 Å². The Hall–Kier alpha value is -2.11. The number of carbonyl (C=O) groups is 1. The van der Waals surface area contributed by atoms with Crippen molar-refractivity contribution in [1.82, 2.24) is 0 Å². The SMILES string of the molecule is O=C(OC1O[C@H](CO)[C@@H](O)[C@H](O)[C@H]1O)c1ccccc1[N+](=O)[O-]. The van der Waals surface area contributed by atoms with Crippen molar-refractivity contribution in [3.63, 3.8) is 0 Å². The van der Waals surface area contributed by atoms with E-state index in [1.807, 2.05) is 0 Å². The Balaban J connectivity index is 2.18.